The normalized spacial score (nSPS) is 12.9. The molecule has 0 aliphatic heterocycles. The third kappa shape index (κ3) is 12.0. The van der Waals surface area contributed by atoms with E-state index in [9.17, 15) is 0 Å². The topological polar surface area (TPSA) is 24.1 Å². The van der Waals surface area contributed by atoms with Crippen LogP contribution in [0, 0.1) is 0 Å². The first kappa shape index (κ1) is 15.9. The Morgan fingerprint density at radius 1 is 0.812 bits per heavy atom. The van der Waals surface area contributed by atoms with Gasteiger partial charge in [-0.3, -0.25) is 0 Å². The van der Waals surface area contributed by atoms with Gasteiger partial charge in [-0.1, -0.05) is 39.0 Å². The summed E-state index contributed by atoms with van der Waals surface area (Å²) in [5, 5.41) is 6.74. The quantitative estimate of drug-likeness (QED) is 0.501. The van der Waals surface area contributed by atoms with E-state index in [0.29, 0.717) is 6.04 Å². The van der Waals surface area contributed by atoms with E-state index in [0.717, 1.165) is 0 Å². The van der Waals surface area contributed by atoms with E-state index in [1.807, 2.05) is 7.05 Å². The molecule has 0 amide bonds. The zero-order valence-electron chi connectivity index (χ0n) is 11.6. The lowest BCUT2D eigenvalue weighted by molar-refractivity contribution is 0.501. The molecule has 0 aromatic rings. The second-order valence-corrected chi connectivity index (χ2v) is 4.84. The molecule has 0 aliphatic rings. The third-order valence-corrected chi connectivity index (χ3v) is 3.21. The van der Waals surface area contributed by atoms with Crippen molar-refractivity contribution in [2.75, 3.05) is 20.1 Å². The van der Waals surface area contributed by atoms with Crippen LogP contribution in [0.2, 0.25) is 0 Å². The molecule has 2 N–H and O–H groups in total. The van der Waals surface area contributed by atoms with Crippen LogP contribution in [0.3, 0.4) is 0 Å². The first-order chi connectivity index (χ1) is 7.81. The molecule has 1 unspecified atom stereocenters. The van der Waals surface area contributed by atoms with Gasteiger partial charge in [0.25, 0.3) is 0 Å². The van der Waals surface area contributed by atoms with Crippen LogP contribution < -0.4 is 10.6 Å². The van der Waals surface area contributed by atoms with Crippen molar-refractivity contribution in [1.82, 2.24) is 10.6 Å². The third-order valence-electron chi connectivity index (χ3n) is 3.21. The minimum atomic E-state index is 0.696. The van der Waals surface area contributed by atoms with E-state index in [-0.39, 0.29) is 0 Å². The highest BCUT2D eigenvalue weighted by atomic mass is 14.9. The molecule has 2 nitrogen and oxygen atoms in total. The van der Waals surface area contributed by atoms with Crippen LogP contribution in [0.25, 0.3) is 0 Å². The van der Waals surface area contributed by atoms with E-state index in [1.54, 1.807) is 0 Å². The van der Waals surface area contributed by atoms with Gasteiger partial charge in [0.2, 0.25) is 0 Å². The van der Waals surface area contributed by atoms with Crippen molar-refractivity contribution in [3.05, 3.63) is 0 Å². The van der Waals surface area contributed by atoms with Crippen molar-refractivity contribution in [3.63, 3.8) is 0 Å². The number of nitrogens with one attached hydrogen (secondary N) is 2. The molecule has 0 saturated heterocycles. The summed E-state index contributed by atoms with van der Waals surface area (Å²) in [5.74, 6) is 0. The summed E-state index contributed by atoms with van der Waals surface area (Å²) < 4.78 is 0. The molecule has 0 fully saturated rings. The van der Waals surface area contributed by atoms with Gasteiger partial charge in [-0.2, -0.15) is 0 Å². The maximum absolute atomic E-state index is 3.54. The number of unbranched alkanes of at least 4 members (excludes halogenated alkanes) is 6. The van der Waals surface area contributed by atoms with Crippen LogP contribution in [-0.4, -0.2) is 26.2 Å². The Bertz CT molecular complexity index is 126. The molecule has 0 heterocycles. The maximum Gasteiger partial charge on any atom is 0.00360 e. The zero-order chi connectivity index (χ0) is 12.1. The molecule has 98 valence electrons. The van der Waals surface area contributed by atoms with Crippen LogP contribution in [0.4, 0.5) is 0 Å². The smallest absolute Gasteiger partial charge is 0.00360 e. The number of rotatable bonds is 12. The Balaban J connectivity index is 2.93. The van der Waals surface area contributed by atoms with E-state index < -0.39 is 0 Å². The van der Waals surface area contributed by atoms with E-state index >= 15 is 0 Å². The zero-order valence-corrected chi connectivity index (χ0v) is 11.6. The molecule has 0 spiro atoms. The summed E-state index contributed by atoms with van der Waals surface area (Å²) in [4.78, 5) is 0. The fraction of sp³-hybridized carbons (Fsp3) is 1.00. The van der Waals surface area contributed by atoms with Crippen molar-refractivity contribution in [3.8, 4) is 0 Å². The average molecular weight is 228 g/mol. The highest BCUT2D eigenvalue weighted by Crippen LogP contribution is 2.06. The highest BCUT2D eigenvalue weighted by molar-refractivity contribution is 4.57. The fourth-order valence-corrected chi connectivity index (χ4v) is 1.80. The largest absolute Gasteiger partial charge is 0.320 e. The minimum absolute atomic E-state index is 0.696. The Hall–Kier alpha value is -0.0800. The van der Waals surface area contributed by atoms with Crippen molar-refractivity contribution in [2.45, 2.75) is 71.3 Å². The van der Waals surface area contributed by atoms with Crippen molar-refractivity contribution < 1.29 is 0 Å². The monoisotopic (exact) mass is 228 g/mol. The minimum Gasteiger partial charge on any atom is -0.320 e. The Labute approximate surface area is 103 Å². The summed E-state index contributed by atoms with van der Waals surface area (Å²) >= 11 is 0. The van der Waals surface area contributed by atoms with Gasteiger partial charge in [-0.15, -0.1) is 0 Å². The summed E-state index contributed by atoms with van der Waals surface area (Å²) in [5.41, 5.74) is 0. The Morgan fingerprint density at radius 2 is 1.31 bits per heavy atom. The summed E-state index contributed by atoms with van der Waals surface area (Å²) in [6.45, 7) is 6.89. The predicted molar refractivity (Wildman–Crippen MR) is 74.0 cm³/mol. The molecule has 0 aliphatic carbocycles. The maximum atomic E-state index is 3.54. The van der Waals surface area contributed by atoms with Gasteiger partial charge in [-0.05, 0) is 46.3 Å². The van der Waals surface area contributed by atoms with Crippen LogP contribution in [0.5, 0.6) is 0 Å². The molecule has 16 heavy (non-hydrogen) atoms. The van der Waals surface area contributed by atoms with Crippen LogP contribution in [-0.2, 0) is 0 Å². The first-order valence-corrected chi connectivity index (χ1v) is 7.19. The van der Waals surface area contributed by atoms with Crippen LogP contribution in [0.15, 0.2) is 0 Å². The van der Waals surface area contributed by atoms with Crippen molar-refractivity contribution in [2.24, 2.45) is 0 Å². The van der Waals surface area contributed by atoms with Crippen molar-refractivity contribution >= 4 is 0 Å². The Kier molecular flexibility index (Phi) is 12.9. The molecule has 0 saturated carbocycles. The van der Waals surface area contributed by atoms with Gasteiger partial charge >= 0.3 is 0 Å². The second-order valence-electron chi connectivity index (χ2n) is 4.84. The lowest BCUT2D eigenvalue weighted by Crippen LogP contribution is -2.25. The number of hydrogen-bond donors (Lipinski definition) is 2. The molecule has 0 bridgehead atoms. The summed E-state index contributed by atoms with van der Waals surface area (Å²) in [6.07, 6.45) is 11.0. The lowest BCUT2D eigenvalue weighted by atomic mass is 10.1. The van der Waals surface area contributed by atoms with Gasteiger partial charge in [0.15, 0.2) is 0 Å². The predicted octanol–water partition coefficient (Wildman–Crippen LogP) is 3.32. The molecule has 0 aromatic heterocycles. The lowest BCUT2D eigenvalue weighted by Gasteiger charge is -2.10. The molecule has 0 rings (SSSR count). The van der Waals surface area contributed by atoms with Gasteiger partial charge in [-0.25, -0.2) is 0 Å². The second kappa shape index (κ2) is 13.0. The molecule has 1 atom stereocenters. The van der Waals surface area contributed by atoms with Gasteiger partial charge in [0.05, 0.1) is 0 Å². The van der Waals surface area contributed by atoms with Gasteiger partial charge in [0, 0.05) is 6.04 Å². The van der Waals surface area contributed by atoms with Crippen LogP contribution >= 0.6 is 0 Å². The van der Waals surface area contributed by atoms with Gasteiger partial charge in [0.1, 0.15) is 0 Å². The molecular formula is C14H32N2. The van der Waals surface area contributed by atoms with E-state index in [1.165, 1.54) is 64.5 Å². The molecule has 2 heteroatoms. The molecular weight excluding hydrogens is 196 g/mol. The number of hydrogen-bond acceptors (Lipinski definition) is 2. The summed E-state index contributed by atoms with van der Waals surface area (Å²) in [6, 6.07) is 0.696. The average Bonchev–Trinajstić information content (AvgIpc) is 2.31. The standard InChI is InChI=1S/C14H32N2/c1-4-14(2)16-13-11-9-7-5-6-8-10-12-15-3/h14-16H,4-13H2,1-3H3. The SMILES string of the molecule is CCC(C)NCCCCCCCCCNC. The van der Waals surface area contributed by atoms with Gasteiger partial charge < -0.3 is 10.6 Å². The van der Waals surface area contributed by atoms with E-state index in [4.69, 9.17) is 0 Å². The summed E-state index contributed by atoms with van der Waals surface area (Å²) in [7, 11) is 2.03. The fourth-order valence-electron chi connectivity index (χ4n) is 1.80. The Morgan fingerprint density at radius 3 is 1.81 bits per heavy atom. The highest BCUT2D eigenvalue weighted by Gasteiger charge is 1.96. The molecule has 0 aromatic carbocycles. The molecule has 0 radical (unpaired) electrons. The first-order valence-electron chi connectivity index (χ1n) is 7.19. The van der Waals surface area contributed by atoms with Crippen molar-refractivity contribution in [1.29, 1.82) is 0 Å². The van der Waals surface area contributed by atoms with Crippen LogP contribution in [0.1, 0.15) is 65.2 Å². The van der Waals surface area contributed by atoms with E-state index in [2.05, 4.69) is 24.5 Å².